The molecule has 0 atom stereocenters. The number of benzene rings is 3. The predicted octanol–water partition coefficient (Wildman–Crippen LogP) is 4.65. The van der Waals surface area contributed by atoms with Crippen LogP contribution in [0.15, 0.2) is 72.8 Å². The lowest BCUT2D eigenvalue weighted by atomic mass is 10.2. The van der Waals surface area contributed by atoms with Gasteiger partial charge in [-0.25, -0.2) is 0 Å². The van der Waals surface area contributed by atoms with Crippen LogP contribution in [0.25, 0.3) is 0 Å². The number of carbonyl (C=O) groups excluding carboxylic acids is 2. The van der Waals surface area contributed by atoms with E-state index in [0.717, 1.165) is 17.1 Å². The Morgan fingerprint density at radius 3 is 1.75 bits per heavy atom. The summed E-state index contributed by atoms with van der Waals surface area (Å²) < 4.78 is 5.23. The van der Waals surface area contributed by atoms with Gasteiger partial charge in [-0.3, -0.25) is 9.59 Å². The summed E-state index contributed by atoms with van der Waals surface area (Å²) in [6, 6.07) is 21.9. The molecular weight excluding hydrogens is 354 g/mol. The molecular formula is C22H21N3O3. The molecule has 0 radical (unpaired) electrons. The number of anilines is 4. The number of amides is 2. The second-order valence-corrected chi connectivity index (χ2v) is 6.12. The number of hydrogen-bond donors (Lipinski definition) is 3. The van der Waals surface area contributed by atoms with E-state index in [1.54, 1.807) is 18.2 Å². The summed E-state index contributed by atoms with van der Waals surface area (Å²) >= 11 is 0. The molecule has 6 heteroatoms. The summed E-state index contributed by atoms with van der Waals surface area (Å²) in [5, 5.41) is 8.86. The van der Waals surface area contributed by atoms with Crippen molar-refractivity contribution in [1.29, 1.82) is 0 Å². The number of hydrogen-bond acceptors (Lipinski definition) is 4. The Bertz CT molecular complexity index is 967. The van der Waals surface area contributed by atoms with Gasteiger partial charge in [-0.2, -0.15) is 0 Å². The number of nitrogens with one attached hydrogen (secondary N) is 3. The number of methoxy groups -OCH3 is 1. The zero-order chi connectivity index (χ0) is 19.9. The fourth-order valence-corrected chi connectivity index (χ4v) is 2.67. The molecule has 3 aromatic carbocycles. The fraction of sp³-hybridized carbons (Fsp3) is 0.0909. The molecule has 3 aromatic rings. The quantitative estimate of drug-likeness (QED) is 0.586. The lowest BCUT2D eigenvalue weighted by Gasteiger charge is -2.11. The first-order chi connectivity index (χ1) is 13.5. The van der Waals surface area contributed by atoms with Crippen molar-refractivity contribution in [3.05, 3.63) is 78.4 Å². The minimum atomic E-state index is -0.230. The average Bonchev–Trinajstić information content (AvgIpc) is 2.70. The van der Waals surface area contributed by atoms with Crippen LogP contribution < -0.4 is 20.7 Å². The Hall–Kier alpha value is -3.80. The van der Waals surface area contributed by atoms with Crippen molar-refractivity contribution in [2.75, 3.05) is 23.1 Å². The Kier molecular flexibility index (Phi) is 5.91. The molecule has 3 N–H and O–H groups in total. The van der Waals surface area contributed by atoms with Crippen LogP contribution in [0.4, 0.5) is 22.7 Å². The monoisotopic (exact) mass is 375 g/mol. The third-order valence-electron chi connectivity index (χ3n) is 3.99. The van der Waals surface area contributed by atoms with E-state index in [2.05, 4.69) is 16.0 Å². The van der Waals surface area contributed by atoms with Crippen LogP contribution in [0.3, 0.4) is 0 Å². The first-order valence-corrected chi connectivity index (χ1v) is 8.74. The summed E-state index contributed by atoms with van der Waals surface area (Å²) in [7, 11) is 1.54. The van der Waals surface area contributed by atoms with Crippen molar-refractivity contribution in [3.63, 3.8) is 0 Å². The maximum atomic E-state index is 12.4. The van der Waals surface area contributed by atoms with Gasteiger partial charge >= 0.3 is 0 Å². The third-order valence-corrected chi connectivity index (χ3v) is 3.99. The Balaban J connectivity index is 1.63. The van der Waals surface area contributed by atoms with E-state index in [0.29, 0.717) is 17.0 Å². The highest BCUT2D eigenvalue weighted by atomic mass is 16.5. The Morgan fingerprint density at radius 2 is 1.21 bits per heavy atom. The van der Waals surface area contributed by atoms with E-state index in [4.69, 9.17) is 4.74 Å². The van der Waals surface area contributed by atoms with E-state index >= 15 is 0 Å². The maximum absolute atomic E-state index is 12.4. The molecule has 3 rings (SSSR count). The molecule has 0 aliphatic carbocycles. The lowest BCUT2D eigenvalue weighted by molar-refractivity contribution is -0.114. The van der Waals surface area contributed by atoms with Crippen LogP contribution in [0.1, 0.15) is 17.3 Å². The Labute approximate surface area is 163 Å². The van der Waals surface area contributed by atoms with Crippen LogP contribution in [0.5, 0.6) is 5.75 Å². The molecule has 0 unspecified atom stereocenters. The molecule has 0 spiro atoms. The standard InChI is InChI=1S/C22H21N3O3/c1-15(26)23-16-7-9-17(10-8-16)24-18-11-13-19(14-12-18)25-22(27)20-5-3-4-6-21(20)28-2/h3-14,24H,1-2H3,(H,23,26)(H,25,27). The predicted molar refractivity (Wildman–Crippen MR) is 111 cm³/mol. The minimum Gasteiger partial charge on any atom is -0.496 e. The second-order valence-electron chi connectivity index (χ2n) is 6.12. The number of ether oxygens (including phenoxy) is 1. The van der Waals surface area contributed by atoms with E-state index in [1.807, 2.05) is 54.6 Å². The molecule has 0 fully saturated rings. The molecule has 142 valence electrons. The van der Waals surface area contributed by atoms with E-state index < -0.39 is 0 Å². The van der Waals surface area contributed by atoms with E-state index in [-0.39, 0.29) is 11.8 Å². The van der Waals surface area contributed by atoms with Crippen molar-refractivity contribution < 1.29 is 14.3 Å². The van der Waals surface area contributed by atoms with Crippen molar-refractivity contribution in [2.24, 2.45) is 0 Å². The summed E-state index contributed by atoms with van der Waals surface area (Å²) in [5.74, 6) is 0.194. The van der Waals surface area contributed by atoms with Crippen molar-refractivity contribution >= 4 is 34.6 Å². The van der Waals surface area contributed by atoms with Gasteiger partial charge < -0.3 is 20.7 Å². The minimum absolute atomic E-state index is 0.105. The third kappa shape index (κ3) is 4.88. The molecule has 2 amide bonds. The average molecular weight is 375 g/mol. The topological polar surface area (TPSA) is 79.5 Å². The summed E-state index contributed by atoms with van der Waals surface area (Å²) in [5.41, 5.74) is 3.67. The number of rotatable bonds is 6. The van der Waals surface area contributed by atoms with Crippen LogP contribution in [-0.2, 0) is 4.79 Å². The van der Waals surface area contributed by atoms with Crippen LogP contribution >= 0.6 is 0 Å². The summed E-state index contributed by atoms with van der Waals surface area (Å²) in [4.78, 5) is 23.5. The van der Waals surface area contributed by atoms with Crippen molar-refractivity contribution in [3.8, 4) is 5.75 Å². The van der Waals surface area contributed by atoms with Gasteiger partial charge in [-0.15, -0.1) is 0 Å². The molecule has 0 saturated carbocycles. The molecule has 0 bridgehead atoms. The van der Waals surface area contributed by atoms with Gasteiger partial charge in [0, 0.05) is 29.7 Å². The van der Waals surface area contributed by atoms with Gasteiger partial charge in [0.15, 0.2) is 0 Å². The summed E-state index contributed by atoms with van der Waals surface area (Å²) in [6.45, 7) is 1.47. The highest BCUT2D eigenvalue weighted by molar-refractivity contribution is 6.06. The van der Waals surface area contributed by atoms with Crippen LogP contribution in [0.2, 0.25) is 0 Å². The van der Waals surface area contributed by atoms with E-state index in [9.17, 15) is 9.59 Å². The highest BCUT2D eigenvalue weighted by Crippen LogP contribution is 2.22. The van der Waals surface area contributed by atoms with Crippen molar-refractivity contribution in [2.45, 2.75) is 6.92 Å². The van der Waals surface area contributed by atoms with Gasteiger partial charge in [0.05, 0.1) is 12.7 Å². The van der Waals surface area contributed by atoms with Gasteiger partial charge in [0.2, 0.25) is 5.91 Å². The zero-order valence-corrected chi connectivity index (χ0v) is 15.7. The largest absolute Gasteiger partial charge is 0.496 e. The summed E-state index contributed by atoms with van der Waals surface area (Å²) in [6.07, 6.45) is 0. The molecule has 0 aromatic heterocycles. The second kappa shape index (κ2) is 8.73. The number of carbonyl (C=O) groups is 2. The number of para-hydroxylation sites is 1. The normalized spacial score (nSPS) is 10.1. The zero-order valence-electron chi connectivity index (χ0n) is 15.7. The first kappa shape index (κ1) is 19.0. The molecule has 0 aliphatic heterocycles. The maximum Gasteiger partial charge on any atom is 0.259 e. The SMILES string of the molecule is COc1ccccc1C(=O)Nc1ccc(Nc2ccc(NC(C)=O)cc2)cc1. The van der Waals surface area contributed by atoms with Gasteiger partial charge in [0.25, 0.3) is 5.91 Å². The van der Waals surface area contributed by atoms with Crippen LogP contribution in [0, 0.1) is 0 Å². The van der Waals surface area contributed by atoms with E-state index in [1.165, 1.54) is 14.0 Å². The lowest BCUT2D eigenvalue weighted by Crippen LogP contribution is -2.13. The smallest absolute Gasteiger partial charge is 0.259 e. The highest BCUT2D eigenvalue weighted by Gasteiger charge is 2.11. The molecule has 0 saturated heterocycles. The van der Waals surface area contributed by atoms with Gasteiger partial charge in [-0.05, 0) is 60.7 Å². The molecule has 0 heterocycles. The van der Waals surface area contributed by atoms with Crippen molar-refractivity contribution in [1.82, 2.24) is 0 Å². The van der Waals surface area contributed by atoms with Gasteiger partial charge in [0.1, 0.15) is 5.75 Å². The Morgan fingerprint density at radius 1 is 0.714 bits per heavy atom. The molecule has 0 aliphatic rings. The van der Waals surface area contributed by atoms with Gasteiger partial charge in [-0.1, -0.05) is 12.1 Å². The first-order valence-electron chi connectivity index (χ1n) is 8.74. The molecule has 6 nitrogen and oxygen atoms in total. The van der Waals surface area contributed by atoms with Crippen LogP contribution in [-0.4, -0.2) is 18.9 Å². The molecule has 28 heavy (non-hydrogen) atoms. The fourth-order valence-electron chi connectivity index (χ4n) is 2.67.